The van der Waals surface area contributed by atoms with E-state index in [0.29, 0.717) is 23.8 Å². The molecule has 0 aromatic carbocycles. The van der Waals surface area contributed by atoms with Crippen molar-refractivity contribution in [3.05, 3.63) is 5.69 Å². The zero-order valence-corrected chi connectivity index (χ0v) is 11.2. The highest BCUT2D eigenvalue weighted by Gasteiger charge is 2.19. The molecule has 1 fully saturated rings. The standard InChI is InChI=1S/C13H22N4O/c1-9-12(14)13(17(2)16-9)15-11(18)8-10-6-4-3-5-7-10/h10H,3-8,14H2,1-2H3,(H,15,18). The fourth-order valence-corrected chi connectivity index (χ4v) is 2.66. The molecular weight excluding hydrogens is 228 g/mol. The third kappa shape index (κ3) is 2.83. The lowest BCUT2D eigenvalue weighted by atomic mass is 9.87. The van der Waals surface area contributed by atoms with Gasteiger partial charge < -0.3 is 11.1 Å². The van der Waals surface area contributed by atoms with E-state index in [0.717, 1.165) is 5.69 Å². The number of nitrogens with one attached hydrogen (secondary N) is 1. The molecule has 5 nitrogen and oxygen atoms in total. The number of aryl methyl sites for hydroxylation is 2. The highest BCUT2D eigenvalue weighted by Crippen LogP contribution is 2.27. The van der Waals surface area contributed by atoms with Gasteiger partial charge in [0.25, 0.3) is 0 Å². The molecule has 1 heterocycles. The molecule has 0 spiro atoms. The van der Waals surface area contributed by atoms with Crippen LogP contribution in [0.1, 0.15) is 44.2 Å². The van der Waals surface area contributed by atoms with Crippen LogP contribution in [0.25, 0.3) is 0 Å². The van der Waals surface area contributed by atoms with Gasteiger partial charge in [0, 0.05) is 13.5 Å². The average Bonchev–Trinajstić information content (AvgIpc) is 2.57. The van der Waals surface area contributed by atoms with Gasteiger partial charge in [-0.3, -0.25) is 9.48 Å². The highest BCUT2D eigenvalue weighted by atomic mass is 16.1. The molecule has 0 aliphatic heterocycles. The Bertz CT molecular complexity index is 432. The Morgan fingerprint density at radius 1 is 1.44 bits per heavy atom. The van der Waals surface area contributed by atoms with Crippen molar-refractivity contribution < 1.29 is 4.79 Å². The number of nitrogen functional groups attached to an aromatic ring is 1. The maximum Gasteiger partial charge on any atom is 0.225 e. The SMILES string of the molecule is Cc1nn(C)c(NC(=O)CC2CCCCC2)c1N. The Morgan fingerprint density at radius 3 is 2.67 bits per heavy atom. The molecular formula is C13H22N4O. The molecule has 1 saturated carbocycles. The van der Waals surface area contributed by atoms with Gasteiger partial charge in [-0.15, -0.1) is 0 Å². The van der Waals surface area contributed by atoms with Crippen molar-refractivity contribution in [1.82, 2.24) is 9.78 Å². The average molecular weight is 250 g/mol. The number of anilines is 2. The summed E-state index contributed by atoms with van der Waals surface area (Å²) in [5.41, 5.74) is 7.21. The first-order valence-corrected chi connectivity index (χ1v) is 6.67. The van der Waals surface area contributed by atoms with Crippen LogP contribution in [0.3, 0.4) is 0 Å². The lowest BCUT2D eigenvalue weighted by Gasteiger charge is -2.20. The maximum absolute atomic E-state index is 12.0. The van der Waals surface area contributed by atoms with Gasteiger partial charge in [-0.05, 0) is 25.7 Å². The van der Waals surface area contributed by atoms with Crippen molar-refractivity contribution >= 4 is 17.4 Å². The number of nitrogens with zero attached hydrogens (tertiary/aromatic N) is 2. The summed E-state index contributed by atoms with van der Waals surface area (Å²) in [5, 5.41) is 7.07. The highest BCUT2D eigenvalue weighted by molar-refractivity contribution is 5.93. The van der Waals surface area contributed by atoms with Crippen LogP contribution in [0.5, 0.6) is 0 Å². The molecule has 2 rings (SSSR count). The molecule has 1 amide bonds. The molecule has 1 aromatic heterocycles. The van der Waals surface area contributed by atoms with Crippen LogP contribution < -0.4 is 11.1 Å². The van der Waals surface area contributed by atoms with Gasteiger partial charge in [0.1, 0.15) is 0 Å². The third-order valence-corrected chi connectivity index (χ3v) is 3.73. The van der Waals surface area contributed by atoms with E-state index in [-0.39, 0.29) is 5.91 Å². The molecule has 1 aromatic rings. The van der Waals surface area contributed by atoms with E-state index in [1.54, 1.807) is 11.7 Å². The summed E-state index contributed by atoms with van der Waals surface area (Å²) in [6.07, 6.45) is 6.77. The van der Waals surface area contributed by atoms with Crippen LogP contribution >= 0.6 is 0 Å². The molecule has 0 bridgehead atoms. The summed E-state index contributed by atoms with van der Waals surface area (Å²) in [6, 6.07) is 0. The van der Waals surface area contributed by atoms with Crippen molar-refractivity contribution in [2.45, 2.75) is 45.4 Å². The summed E-state index contributed by atoms with van der Waals surface area (Å²) in [6.45, 7) is 1.84. The van der Waals surface area contributed by atoms with Gasteiger partial charge >= 0.3 is 0 Å². The van der Waals surface area contributed by atoms with Crippen LogP contribution in [-0.4, -0.2) is 15.7 Å². The Labute approximate surface area is 108 Å². The number of carbonyl (C=O) groups excluding carboxylic acids is 1. The minimum absolute atomic E-state index is 0.0524. The molecule has 1 aliphatic carbocycles. The molecule has 0 saturated heterocycles. The predicted octanol–water partition coefficient (Wildman–Crippen LogP) is 2.22. The third-order valence-electron chi connectivity index (χ3n) is 3.73. The second kappa shape index (κ2) is 5.42. The molecule has 3 N–H and O–H groups in total. The summed E-state index contributed by atoms with van der Waals surface area (Å²) >= 11 is 0. The second-order valence-electron chi connectivity index (χ2n) is 5.23. The van der Waals surface area contributed by atoms with Gasteiger partial charge in [-0.2, -0.15) is 5.10 Å². The van der Waals surface area contributed by atoms with E-state index in [1.165, 1.54) is 32.1 Å². The monoisotopic (exact) mass is 250 g/mol. The van der Waals surface area contributed by atoms with Crippen molar-refractivity contribution in [3.63, 3.8) is 0 Å². The van der Waals surface area contributed by atoms with E-state index in [4.69, 9.17) is 5.73 Å². The Balaban J connectivity index is 1.94. The summed E-state index contributed by atoms with van der Waals surface area (Å²) < 4.78 is 1.63. The Kier molecular flexibility index (Phi) is 3.89. The van der Waals surface area contributed by atoms with Gasteiger partial charge in [-0.1, -0.05) is 19.3 Å². The molecule has 0 unspecified atom stereocenters. The van der Waals surface area contributed by atoms with E-state index in [1.807, 2.05) is 6.92 Å². The first-order valence-electron chi connectivity index (χ1n) is 6.67. The number of hydrogen-bond acceptors (Lipinski definition) is 3. The first kappa shape index (κ1) is 12.9. The first-order chi connectivity index (χ1) is 8.58. The van der Waals surface area contributed by atoms with Crippen LogP contribution in [0.4, 0.5) is 11.5 Å². The van der Waals surface area contributed by atoms with Crippen molar-refractivity contribution in [2.24, 2.45) is 13.0 Å². The molecule has 0 atom stereocenters. The number of carbonyl (C=O) groups is 1. The van der Waals surface area contributed by atoms with Crippen LogP contribution in [-0.2, 0) is 11.8 Å². The van der Waals surface area contributed by atoms with Gasteiger partial charge in [-0.25, -0.2) is 0 Å². The van der Waals surface area contributed by atoms with Crippen LogP contribution in [0.2, 0.25) is 0 Å². The minimum Gasteiger partial charge on any atom is -0.394 e. The summed E-state index contributed by atoms with van der Waals surface area (Å²) in [7, 11) is 1.79. The number of amides is 1. The van der Waals surface area contributed by atoms with Crippen molar-refractivity contribution in [2.75, 3.05) is 11.1 Å². The minimum atomic E-state index is 0.0524. The zero-order chi connectivity index (χ0) is 13.1. The Morgan fingerprint density at radius 2 is 2.11 bits per heavy atom. The number of hydrogen-bond donors (Lipinski definition) is 2. The topological polar surface area (TPSA) is 72.9 Å². The van der Waals surface area contributed by atoms with Gasteiger partial charge in [0.05, 0.1) is 11.4 Å². The smallest absolute Gasteiger partial charge is 0.225 e. The molecule has 1 aliphatic rings. The molecule has 18 heavy (non-hydrogen) atoms. The van der Waals surface area contributed by atoms with E-state index in [2.05, 4.69) is 10.4 Å². The summed E-state index contributed by atoms with van der Waals surface area (Å²) in [5.74, 6) is 1.21. The predicted molar refractivity (Wildman–Crippen MR) is 72.2 cm³/mol. The molecule has 100 valence electrons. The quantitative estimate of drug-likeness (QED) is 0.864. The Hall–Kier alpha value is -1.52. The van der Waals surface area contributed by atoms with E-state index >= 15 is 0 Å². The number of nitrogens with two attached hydrogens (primary N) is 1. The van der Waals surface area contributed by atoms with Gasteiger partial charge in [0.15, 0.2) is 5.82 Å². The largest absolute Gasteiger partial charge is 0.394 e. The fourth-order valence-electron chi connectivity index (χ4n) is 2.66. The van der Waals surface area contributed by atoms with Crippen LogP contribution in [0, 0.1) is 12.8 Å². The summed E-state index contributed by atoms with van der Waals surface area (Å²) in [4.78, 5) is 12.0. The van der Waals surface area contributed by atoms with Crippen molar-refractivity contribution in [1.29, 1.82) is 0 Å². The molecule has 5 heteroatoms. The van der Waals surface area contributed by atoms with Gasteiger partial charge in [0.2, 0.25) is 5.91 Å². The van der Waals surface area contributed by atoms with E-state index < -0.39 is 0 Å². The normalized spacial score (nSPS) is 16.8. The number of rotatable bonds is 3. The fraction of sp³-hybridized carbons (Fsp3) is 0.692. The lowest BCUT2D eigenvalue weighted by molar-refractivity contribution is -0.117. The molecule has 0 radical (unpaired) electrons. The zero-order valence-electron chi connectivity index (χ0n) is 11.2. The number of aromatic nitrogens is 2. The second-order valence-corrected chi connectivity index (χ2v) is 5.23. The van der Waals surface area contributed by atoms with Crippen LogP contribution in [0.15, 0.2) is 0 Å². The maximum atomic E-state index is 12.0. The lowest BCUT2D eigenvalue weighted by Crippen LogP contribution is -2.20. The van der Waals surface area contributed by atoms with E-state index in [9.17, 15) is 4.79 Å². The van der Waals surface area contributed by atoms with Crippen molar-refractivity contribution in [3.8, 4) is 0 Å².